The first-order valence-electron chi connectivity index (χ1n) is 3.30. The molecule has 0 aliphatic carbocycles. The Labute approximate surface area is 61.6 Å². The lowest BCUT2D eigenvalue weighted by Crippen LogP contribution is -1.97. The van der Waals surface area contributed by atoms with Crippen LogP contribution in [0.25, 0.3) is 0 Å². The average Bonchev–Trinajstić information content (AvgIpc) is 1.91. The van der Waals surface area contributed by atoms with Crippen molar-refractivity contribution in [3.8, 4) is 6.07 Å². The van der Waals surface area contributed by atoms with E-state index in [1.54, 1.807) is 0 Å². The van der Waals surface area contributed by atoms with Gasteiger partial charge in [0, 0.05) is 5.88 Å². The summed E-state index contributed by atoms with van der Waals surface area (Å²) in [5.41, 5.74) is 0. The van der Waals surface area contributed by atoms with Gasteiger partial charge in [-0.15, -0.1) is 11.6 Å². The zero-order valence-electron chi connectivity index (χ0n) is 5.73. The SMILES string of the molecule is CCCCC(C#N)CCl. The molecule has 0 N–H and O–H groups in total. The molecule has 0 amide bonds. The molecule has 52 valence electrons. The number of rotatable bonds is 4. The fourth-order valence-electron chi connectivity index (χ4n) is 0.627. The molecule has 0 aromatic rings. The summed E-state index contributed by atoms with van der Waals surface area (Å²) in [4.78, 5) is 0. The molecule has 0 spiro atoms. The number of nitriles is 1. The topological polar surface area (TPSA) is 23.8 Å². The van der Waals surface area contributed by atoms with E-state index in [2.05, 4.69) is 13.0 Å². The second-order valence-electron chi connectivity index (χ2n) is 2.12. The predicted molar refractivity (Wildman–Crippen MR) is 39.3 cm³/mol. The minimum Gasteiger partial charge on any atom is -0.198 e. The highest BCUT2D eigenvalue weighted by Crippen LogP contribution is 2.08. The predicted octanol–water partition coefficient (Wildman–Crippen LogP) is 2.56. The number of unbranched alkanes of at least 4 members (excludes halogenated alkanes) is 1. The summed E-state index contributed by atoms with van der Waals surface area (Å²) in [5, 5.41) is 8.42. The molecule has 1 nitrogen and oxygen atoms in total. The lowest BCUT2D eigenvalue weighted by molar-refractivity contribution is 0.612. The Bertz CT molecular complexity index is 95.6. The number of nitrogens with zero attached hydrogens (tertiary/aromatic N) is 1. The van der Waals surface area contributed by atoms with Crippen LogP contribution >= 0.6 is 11.6 Å². The van der Waals surface area contributed by atoms with Gasteiger partial charge in [0.1, 0.15) is 0 Å². The van der Waals surface area contributed by atoms with Gasteiger partial charge in [0.25, 0.3) is 0 Å². The molecule has 1 atom stereocenters. The number of hydrogen-bond acceptors (Lipinski definition) is 1. The molecule has 9 heavy (non-hydrogen) atoms. The van der Waals surface area contributed by atoms with E-state index < -0.39 is 0 Å². The molecule has 0 radical (unpaired) electrons. The van der Waals surface area contributed by atoms with Gasteiger partial charge < -0.3 is 0 Å². The van der Waals surface area contributed by atoms with Crippen LogP contribution in [0.15, 0.2) is 0 Å². The van der Waals surface area contributed by atoms with E-state index in [4.69, 9.17) is 16.9 Å². The van der Waals surface area contributed by atoms with Gasteiger partial charge in [-0.1, -0.05) is 19.8 Å². The maximum atomic E-state index is 8.42. The summed E-state index contributed by atoms with van der Waals surface area (Å²) in [6, 6.07) is 2.15. The van der Waals surface area contributed by atoms with Crippen molar-refractivity contribution in [2.24, 2.45) is 5.92 Å². The Kier molecular flexibility index (Phi) is 5.76. The van der Waals surface area contributed by atoms with E-state index in [9.17, 15) is 0 Å². The molecule has 0 bridgehead atoms. The van der Waals surface area contributed by atoms with E-state index in [1.807, 2.05) is 0 Å². The van der Waals surface area contributed by atoms with Crippen LogP contribution in [0.5, 0.6) is 0 Å². The van der Waals surface area contributed by atoms with Gasteiger partial charge in [0.15, 0.2) is 0 Å². The van der Waals surface area contributed by atoms with Gasteiger partial charge in [-0.25, -0.2) is 0 Å². The Morgan fingerprint density at radius 3 is 2.67 bits per heavy atom. The smallest absolute Gasteiger partial charge is 0.0668 e. The fourth-order valence-corrected chi connectivity index (χ4v) is 0.850. The van der Waals surface area contributed by atoms with Crippen molar-refractivity contribution >= 4 is 11.6 Å². The lowest BCUT2D eigenvalue weighted by atomic mass is 10.1. The van der Waals surface area contributed by atoms with Crippen molar-refractivity contribution < 1.29 is 0 Å². The Morgan fingerprint density at radius 1 is 1.67 bits per heavy atom. The van der Waals surface area contributed by atoms with E-state index in [1.165, 1.54) is 0 Å². The summed E-state index contributed by atoms with van der Waals surface area (Å²) < 4.78 is 0. The van der Waals surface area contributed by atoms with Crippen molar-refractivity contribution in [2.75, 3.05) is 5.88 Å². The van der Waals surface area contributed by atoms with E-state index in [0.717, 1.165) is 19.3 Å². The van der Waals surface area contributed by atoms with Gasteiger partial charge in [-0.2, -0.15) is 5.26 Å². The molecule has 0 aromatic heterocycles. The van der Waals surface area contributed by atoms with E-state index in [0.29, 0.717) is 5.88 Å². The summed E-state index contributed by atoms with van der Waals surface area (Å²) >= 11 is 5.48. The van der Waals surface area contributed by atoms with Crippen molar-refractivity contribution in [2.45, 2.75) is 26.2 Å². The molecular weight excluding hydrogens is 134 g/mol. The van der Waals surface area contributed by atoms with Crippen LogP contribution in [0.1, 0.15) is 26.2 Å². The van der Waals surface area contributed by atoms with Gasteiger partial charge in [0.05, 0.1) is 12.0 Å². The Morgan fingerprint density at radius 2 is 2.33 bits per heavy atom. The standard InChI is InChI=1S/C7H12ClN/c1-2-3-4-7(5-8)6-9/h7H,2-5H2,1H3. The summed E-state index contributed by atoms with van der Waals surface area (Å²) in [5.74, 6) is 0.558. The largest absolute Gasteiger partial charge is 0.198 e. The molecule has 0 aliphatic heterocycles. The summed E-state index contributed by atoms with van der Waals surface area (Å²) in [6.07, 6.45) is 3.22. The first-order valence-corrected chi connectivity index (χ1v) is 3.84. The zero-order chi connectivity index (χ0) is 7.11. The lowest BCUT2D eigenvalue weighted by Gasteiger charge is -2.00. The Balaban J connectivity index is 3.23. The molecule has 0 rings (SSSR count). The number of hydrogen-bond donors (Lipinski definition) is 0. The van der Waals surface area contributed by atoms with Crippen LogP contribution < -0.4 is 0 Å². The van der Waals surface area contributed by atoms with Crippen molar-refractivity contribution in [1.82, 2.24) is 0 Å². The van der Waals surface area contributed by atoms with Crippen molar-refractivity contribution in [3.05, 3.63) is 0 Å². The monoisotopic (exact) mass is 145 g/mol. The van der Waals surface area contributed by atoms with Crippen LogP contribution in [0.4, 0.5) is 0 Å². The van der Waals surface area contributed by atoms with Gasteiger partial charge >= 0.3 is 0 Å². The molecule has 1 unspecified atom stereocenters. The number of halogens is 1. The molecular formula is C7H12ClN. The Hall–Kier alpha value is -0.220. The van der Waals surface area contributed by atoms with Gasteiger partial charge in [-0.3, -0.25) is 0 Å². The maximum absolute atomic E-state index is 8.42. The van der Waals surface area contributed by atoms with Crippen LogP contribution in [-0.4, -0.2) is 5.88 Å². The zero-order valence-corrected chi connectivity index (χ0v) is 6.49. The molecule has 0 saturated heterocycles. The molecule has 0 heterocycles. The van der Waals surface area contributed by atoms with E-state index in [-0.39, 0.29) is 5.92 Å². The van der Waals surface area contributed by atoms with Crippen molar-refractivity contribution in [1.29, 1.82) is 5.26 Å². The van der Waals surface area contributed by atoms with Gasteiger partial charge in [0.2, 0.25) is 0 Å². The highest BCUT2D eigenvalue weighted by Gasteiger charge is 2.02. The normalized spacial score (nSPS) is 12.6. The second kappa shape index (κ2) is 5.91. The van der Waals surface area contributed by atoms with Crippen molar-refractivity contribution in [3.63, 3.8) is 0 Å². The highest BCUT2D eigenvalue weighted by molar-refractivity contribution is 6.18. The molecule has 2 heteroatoms. The third-order valence-corrected chi connectivity index (χ3v) is 1.65. The minimum absolute atomic E-state index is 0.0756. The minimum atomic E-state index is 0.0756. The second-order valence-corrected chi connectivity index (χ2v) is 2.43. The third kappa shape index (κ3) is 4.29. The highest BCUT2D eigenvalue weighted by atomic mass is 35.5. The first kappa shape index (κ1) is 8.78. The van der Waals surface area contributed by atoms with Gasteiger partial charge in [-0.05, 0) is 6.42 Å². The molecule has 0 fully saturated rings. The molecule has 0 aliphatic rings. The summed E-state index contributed by atoms with van der Waals surface area (Å²) in [6.45, 7) is 2.11. The quantitative estimate of drug-likeness (QED) is 0.558. The third-order valence-electron chi connectivity index (χ3n) is 1.27. The van der Waals surface area contributed by atoms with Crippen LogP contribution in [0.3, 0.4) is 0 Å². The average molecular weight is 146 g/mol. The fraction of sp³-hybridized carbons (Fsp3) is 0.857. The van der Waals surface area contributed by atoms with Crippen LogP contribution in [0.2, 0.25) is 0 Å². The van der Waals surface area contributed by atoms with Crippen LogP contribution in [-0.2, 0) is 0 Å². The van der Waals surface area contributed by atoms with E-state index >= 15 is 0 Å². The molecule has 0 saturated carbocycles. The maximum Gasteiger partial charge on any atom is 0.0668 e. The molecule has 0 aromatic carbocycles. The number of alkyl halides is 1. The first-order chi connectivity index (χ1) is 4.35. The van der Waals surface area contributed by atoms with Crippen LogP contribution in [0, 0.1) is 17.2 Å². The summed E-state index contributed by atoms with van der Waals surface area (Å²) in [7, 11) is 0.